The summed E-state index contributed by atoms with van der Waals surface area (Å²) in [6, 6.07) is 22.2. The van der Waals surface area contributed by atoms with E-state index in [1.807, 2.05) is 42.5 Å². The Morgan fingerprint density at radius 3 is 2.41 bits per heavy atom. The van der Waals surface area contributed by atoms with Gasteiger partial charge in [0.25, 0.3) is 5.91 Å². The van der Waals surface area contributed by atoms with Gasteiger partial charge in [-0.05, 0) is 72.5 Å². The first kappa shape index (κ1) is 17.7. The van der Waals surface area contributed by atoms with Crippen molar-refractivity contribution in [3.63, 3.8) is 0 Å². The Hall–Kier alpha value is -2.65. The van der Waals surface area contributed by atoms with Crippen LogP contribution in [0.4, 0.5) is 5.69 Å². The molecule has 1 heterocycles. The van der Waals surface area contributed by atoms with E-state index in [2.05, 4.69) is 41.4 Å². The van der Waals surface area contributed by atoms with E-state index < -0.39 is 0 Å². The van der Waals surface area contributed by atoms with Crippen LogP contribution in [0.2, 0.25) is 0 Å². The van der Waals surface area contributed by atoms with Crippen LogP contribution in [0, 0.1) is 5.92 Å². The van der Waals surface area contributed by atoms with Crippen molar-refractivity contribution in [3.8, 4) is 0 Å². The number of benzene rings is 3. The molecule has 0 saturated carbocycles. The number of anilines is 1. The Morgan fingerprint density at radius 2 is 1.67 bits per heavy atom. The van der Waals surface area contributed by atoms with E-state index in [1.54, 1.807) is 0 Å². The van der Waals surface area contributed by atoms with Gasteiger partial charge in [-0.1, -0.05) is 49.4 Å². The van der Waals surface area contributed by atoms with Crippen LogP contribution in [0.3, 0.4) is 0 Å². The number of amides is 1. The Labute approximate surface area is 161 Å². The van der Waals surface area contributed by atoms with E-state index in [1.165, 1.54) is 36.9 Å². The number of piperidine rings is 1. The minimum atomic E-state index is -0.0661. The predicted molar refractivity (Wildman–Crippen MR) is 112 cm³/mol. The van der Waals surface area contributed by atoms with Gasteiger partial charge < -0.3 is 5.32 Å². The number of carbonyl (C=O) groups excluding carboxylic acids is 1. The average molecular weight is 358 g/mol. The van der Waals surface area contributed by atoms with Crippen molar-refractivity contribution in [2.75, 3.05) is 18.4 Å². The molecule has 0 spiro atoms. The molecule has 0 aliphatic carbocycles. The van der Waals surface area contributed by atoms with Crippen molar-refractivity contribution in [3.05, 3.63) is 77.9 Å². The molecule has 138 valence electrons. The number of nitrogens with zero attached hydrogens (tertiary/aromatic N) is 1. The number of fused-ring (bicyclic) bond motifs is 1. The lowest BCUT2D eigenvalue weighted by Crippen LogP contribution is -2.32. The van der Waals surface area contributed by atoms with Gasteiger partial charge in [0.2, 0.25) is 0 Å². The fraction of sp³-hybridized carbons (Fsp3) is 0.292. The zero-order chi connectivity index (χ0) is 18.6. The van der Waals surface area contributed by atoms with E-state index in [0.717, 1.165) is 23.5 Å². The van der Waals surface area contributed by atoms with E-state index in [-0.39, 0.29) is 5.91 Å². The summed E-state index contributed by atoms with van der Waals surface area (Å²) < 4.78 is 0. The van der Waals surface area contributed by atoms with Crippen molar-refractivity contribution < 1.29 is 4.79 Å². The SMILES string of the molecule is CC1CCN(Cc2ccc(C(=O)Nc3ccc4ccccc4c3)cc2)CC1. The highest BCUT2D eigenvalue weighted by Crippen LogP contribution is 2.20. The van der Waals surface area contributed by atoms with Crippen LogP contribution in [-0.4, -0.2) is 23.9 Å². The van der Waals surface area contributed by atoms with Crippen LogP contribution in [-0.2, 0) is 6.54 Å². The van der Waals surface area contributed by atoms with Crippen LogP contribution in [0.1, 0.15) is 35.7 Å². The summed E-state index contributed by atoms with van der Waals surface area (Å²) in [7, 11) is 0. The molecule has 3 heteroatoms. The molecule has 0 atom stereocenters. The lowest BCUT2D eigenvalue weighted by Gasteiger charge is -2.30. The van der Waals surface area contributed by atoms with E-state index in [4.69, 9.17) is 0 Å². The van der Waals surface area contributed by atoms with Gasteiger partial charge in [0.05, 0.1) is 0 Å². The quantitative estimate of drug-likeness (QED) is 0.684. The molecule has 3 aromatic rings. The van der Waals surface area contributed by atoms with E-state index in [9.17, 15) is 4.79 Å². The van der Waals surface area contributed by atoms with Crippen molar-refractivity contribution in [1.82, 2.24) is 4.90 Å². The molecular formula is C24H26N2O. The molecule has 0 radical (unpaired) electrons. The largest absolute Gasteiger partial charge is 0.322 e. The summed E-state index contributed by atoms with van der Waals surface area (Å²) in [6.45, 7) is 5.65. The average Bonchev–Trinajstić information content (AvgIpc) is 2.70. The number of rotatable bonds is 4. The summed E-state index contributed by atoms with van der Waals surface area (Å²) in [5.41, 5.74) is 2.79. The van der Waals surface area contributed by atoms with Crippen molar-refractivity contribution >= 4 is 22.4 Å². The van der Waals surface area contributed by atoms with Gasteiger partial charge in [0.15, 0.2) is 0 Å². The lowest BCUT2D eigenvalue weighted by molar-refractivity contribution is 0.102. The maximum absolute atomic E-state index is 12.6. The van der Waals surface area contributed by atoms with Gasteiger partial charge >= 0.3 is 0 Å². The summed E-state index contributed by atoms with van der Waals surface area (Å²) in [5.74, 6) is 0.783. The first-order valence-electron chi connectivity index (χ1n) is 9.79. The van der Waals surface area contributed by atoms with Gasteiger partial charge in [0, 0.05) is 17.8 Å². The van der Waals surface area contributed by atoms with Gasteiger partial charge in [-0.2, -0.15) is 0 Å². The maximum atomic E-state index is 12.6. The van der Waals surface area contributed by atoms with Gasteiger partial charge in [-0.3, -0.25) is 9.69 Å². The van der Waals surface area contributed by atoms with Crippen molar-refractivity contribution in [2.24, 2.45) is 5.92 Å². The number of hydrogen-bond acceptors (Lipinski definition) is 2. The molecule has 1 saturated heterocycles. The summed E-state index contributed by atoms with van der Waals surface area (Å²) in [5, 5.41) is 5.31. The zero-order valence-corrected chi connectivity index (χ0v) is 15.8. The molecule has 1 aliphatic heterocycles. The van der Waals surface area contributed by atoms with Crippen LogP contribution in [0.5, 0.6) is 0 Å². The molecule has 3 aromatic carbocycles. The molecule has 0 aromatic heterocycles. The van der Waals surface area contributed by atoms with Gasteiger partial charge in [-0.25, -0.2) is 0 Å². The van der Waals surface area contributed by atoms with Crippen LogP contribution < -0.4 is 5.32 Å². The number of hydrogen-bond donors (Lipinski definition) is 1. The highest BCUT2D eigenvalue weighted by molar-refractivity contribution is 6.05. The normalized spacial score (nSPS) is 15.7. The first-order valence-corrected chi connectivity index (χ1v) is 9.79. The summed E-state index contributed by atoms with van der Waals surface area (Å²) in [4.78, 5) is 15.1. The Balaban J connectivity index is 1.39. The fourth-order valence-electron chi connectivity index (χ4n) is 3.71. The number of carbonyl (C=O) groups is 1. The first-order chi connectivity index (χ1) is 13.2. The molecule has 0 bridgehead atoms. The molecule has 1 N–H and O–H groups in total. The summed E-state index contributed by atoms with van der Waals surface area (Å²) >= 11 is 0. The van der Waals surface area contributed by atoms with Gasteiger partial charge in [-0.15, -0.1) is 0 Å². The van der Waals surface area contributed by atoms with E-state index >= 15 is 0 Å². The molecule has 3 nitrogen and oxygen atoms in total. The Kier molecular flexibility index (Phi) is 5.21. The van der Waals surface area contributed by atoms with E-state index in [0.29, 0.717) is 5.56 Å². The number of nitrogens with one attached hydrogen (secondary N) is 1. The lowest BCUT2D eigenvalue weighted by atomic mass is 9.99. The third-order valence-corrected chi connectivity index (χ3v) is 5.51. The standard InChI is InChI=1S/C24H26N2O/c1-18-12-14-26(15-13-18)17-19-6-8-21(9-7-19)24(27)25-23-11-10-20-4-2-3-5-22(20)16-23/h2-11,16,18H,12-15,17H2,1H3,(H,25,27). The smallest absolute Gasteiger partial charge is 0.255 e. The Morgan fingerprint density at radius 1 is 0.963 bits per heavy atom. The highest BCUT2D eigenvalue weighted by Gasteiger charge is 2.15. The summed E-state index contributed by atoms with van der Waals surface area (Å²) in [6.07, 6.45) is 2.57. The van der Waals surface area contributed by atoms with Crippen LogP contribution >= 0.6 is 0 Å². The fourth-order valence-corrected chi connectivity index (χ4v) is 3.71. The van der Waals surface area contributed by atoms with Crippen molar-refractivity contribution in [2.45, 2.75) is 26.3 Å². The second kappa shape index (κ2) is 7.93. The molecular weight excluding hydrogens is 332 g/mol. The Bertz CT molecular complexity index is 925. The van der Waals surface area contributed by atoms with Crippen molar-refractivity contribution in [1.29, 1.82) is 0 Å². The topological polar surface area (TPSA) is 32.3 Å². The van der Waals surface area contributed by atoms with Crippen LogP contribution in [0.15, 0.2) is 66.7 Å². The zero-order valence-electron chi connectivity index (χ0n) is 15.8. The highest BCUT2D eigenvalue weighted by atomic mass is 16.1. The molecule has 1 aliphatic rings. The predicted octanol–water partition coefficient (Wildman–Crippen LogP) is 5.32. The minimum Gasteiger partial charge on any atom is -0.322 e. The second-order valence-corrected chi connectivity index (χ2v) is 7.67. The minimum absolute atomic E-state index is 0.0661. The number of likely N-dealkylation sites (tertiary alicyclic amines) is 1. The molecule has 1 fully saturated rings. The molecule has 0 unspecified atom stereocenters. The molecule has 1 amide bonds. The molecule has 4 rings (SSSR count). The maximum Gasteiger partial charge on any atom is 0.255 e. The second-order valence-electron chi connectivity index (χ2n) is 7.67. The third-order valence-electron chi connectivity index (χ3n) is 5.51. The van der Waals surface area contributed by atoms with Crippen LogP contribution in [0.25, 0.3) is 10.8 Å². The molecule has 27 heavy (non-hydrogen) atoms. The van der Waals surface area contributed by atoms with Gasteiger partial charge in [0.1, 0.15) is 0 Å². The third kappa shape index (κ3) is 4.37. The monoisotopic (exact) mass is 358 g/mol.